The summed E-state index contributed by atoms with van der Waals surface area (Å²) in [7, 11) is 1.76. The standard InChI is InChI=1S/C16H26N6O.HI/c1-3-17-16(19-13-5-4-6-13)22-11-9-21(10-12-22)14-15(23)20(2)8-7-18-14;/h7-8,13H,3-6,9-12H2,1-2H3,(H,17,19);1H. The lowest BCUT2D eigenvalue weighted by atomic mass is 9.93. The van der Waals surface area contributed by atoms with Crippen LogP contribution in [-0.4, -0.2) is 59.2 Å². The van der Waals surface area contributed by atoms with Crippen LogP contribution in [0.15, 0.2) is 22.2 Å². The highest BCUT2D eigenvalue weighted by Gasteiger charge is 2.25. The van der Waals surface area contributed by atoms with Crippen LogP contribution in [0, 0.1) is 0 Å². The van der Waals surface area contributed by atoms with E-state index in [1.165, 1.54) is 19.3 Å². The first-order valence-corrected chi connectivity index (χ1v) is 8.51. The molecule has 1 aliphatic carbocycles. The lowest BCUT2D eigenvalue weighted by molar-refractivity contribution is 0.331. The monoisotopic (exact) mass is 446 g/mol. The zero-order valence-corrected chi connectivity index (χ0v) is 16.8. The van der Waals surface area contributed by atoms with Crippen LogP contribution in [0.3, 0.4) is 0 Å². The van der Waals surface area contributed by atoms with Gasteiger partial charge in [0.25, 0.3) is 5.56 Å². The molecular formula is C16H27IN6O. The first kappa shape index (κ1) is 19.0. The minimum absolute atomic E-state index is 0. The van der Waals surface area contributed by atoms with Crippen LogP contribution in [0.4, 0.5) is 5.82 Å². The van der Waals surface area contributed by atoms with Crippen molar-refractivity contribution in [3.63, 3.8) is 0 Å². The van der Waals surface area contributed by atoms with E-state index in [1.807, 2.05) is 0 Å². The van der Waals surface area contributed by atoms with Gasteiger partial charge in [-0.05, 0) is 26.2 Å². The molecule has 134 valence electrons. The average Bonchev–Trinajstić information content (AvgIpc) is 2.52. The number of halogens is 1. The molecule has 1 N–H and O–H groups in total. The summed E-state index contributed by atoms with van der Waals surface area (Å²) in [4.78, 5) is 25.5. The number of aliphatic imine (C=N–C) groups is 1. The molecule has 0 aromatic carbocycles. The fourth-order valence-electron chi connectivity index (χ4n) is 2.95. The fourth-order valence-corrected chi connectivity index (χ4v) is 2.95. The van der Waals surface area contributed by atoms with E-state index in [0.717, 1.165) is 38.7 Å². The summed E-state index contributed by atoms with van der Waals surface area (Å²) in [5.41, 5.74) is -0.0315. The molecule has 7 nitrogen and oxygen atoms in total. The van der Waals surface area contributed by atoms with Crippen LogP contribution >= 0.6 is 24.0 Å². The number of anilines is 1. The number of hydrogen-bond donors (Lipinski definition) is 1. The van der Waals surface area contributed by atoms with Gasteiger partial charge in [0, 0.05) is 58.2 Å². The largest absolute Gasteiger partial charge is 0.354 e. The zero-order valence-electron chi connectivity index (χ0n) is 14.4. The molecule has 0 bridgehead atoms. The SMILES string of the molecule is CCN=C(NC1CCC1)N1CCN(c2nccn(C)c2=O)CC1.I. The van der Waals surface area contributed by atoms with E-state index in [-0.39, 0.29) is 29.5 Å². The third-order valence-corrected chi connectivity index (χ3v) is 4.62. The number of aryl methyl sites for hydroxylation is 1. The van der Waals surface area contributed by atoms with E-state index in [0.29, 0.717) is 11.9 Å². The summed E-state index contributed by atoms with van der Waals surface area (Å²) in [5, 5.41) is 3.58. The van der Waals surface area contributed by atoms with Gasteiger partial charge in [-0.1, -0.05) is 0 Å². The van der Waals surface area contributed by atoms with Gasteiger partial charge in [-0.3, -0.25) is 9.79 Å². The summed E-state index contributed by atoms with van der Waals surface area (Å²) in [6, 6.07) is 0.585. The number of guanidine groups is 1. The maximum absolute atomic E-state index is 12.2. The zero-order chi connectivity index (χ0) is 16.2. The topological polar surface area (TPSA) is 65.8 Å². The van der Waals surface area contributed by atoms with Crippen molar-refractivity contribution < 1.29 is 0 Å². The maximum Gasteiger partial charge on any atom is 0.293 e. The number of piperazine rings is 1. The highest BCUT2D eigenvalue weighted by atomic mass is 127. The Labute approximate surface area is 160 Å². The number of aromatic nitrogens is 2. The Morgan fingerprint density at radius 2 is 2.04 bits per heavy atom. The van der Waals surface area contributed by atoms with Crippen LogP contribution in [0.2, 0.25) is 0 Å². The molecular weight excluding hydrogens is 419 g/mol. The van der Waals surface area contributed by atoms with Gasteiger partial charge in [-0.15, -0.1) is 24.0 Å². The van der Waals surface area contributed by atoms with E-state index in [4.69, 9.17) is 0 Å². The van der Waals surface area contributed by atoms with Gasteiger partial charge in [-0.25, -0.2) is 4.98 Å². The molecule has 0 spiro atoms. The van der Waals surface area contributed by atoms with Crippen LogP contribution in [0.5, 0.6) is 0 Å². The predicted octanol–water partition coefficient (Wildman–Crippen LogP) is 1.04. The van der Waals surface area contributed by atoms with Crippen molar-refractivity contribution in [1.82, 2.24) is 19.8 Å². The molecule has 2 aliphatic rings. The normalized spacial score (nSPS) is 18.8. The van der Waals surface area contributed by atoms with Gasteiger partial charge in [0.05, 0.1) is 0 Å². The van der Waals surface area contributed by atoms with Crippen LogP contribution < -0.4 is 15.8 Å². The quantitative estimate of drug-likeness (QED) is 0.427. The van der Waals surface area contributed by atoms with Gasteiger partial charge >= 0.3 is 0 Å². The second-order valence-electron chi connectivity index (χ2n) is 6.21. The van der Waals surface area contributed by atoms with E-state index in [1.54, 1.807) is 24.0 Å². The van der Waals surface area contributed by atoms with Crippen molar-refractivity contribution in [1.29, 1.82) is 0 Å². The summed E-state index contributed by atoms with van der Waals surface area (Å²) < 4.78 is 1.58. The van der Waals surface area contributed by atoms with Crippen LogP contribution in [0.1, 0.15) is 26.2 Å². The van der Waals surface area contributed by atoms with Crippen molar-refractivity contribution >= 4 is 35.8 Å². The Hall–Kier alpha value is -1.32. The highest BCUT2D eigenvalue weighted by molar-refractivity contribution is 14.0. The van der Waals surface area contributed by atoms with E-state index in [2.05, 4.69) is 32.0 Å². The Bertz CT molecular complexity index is 619. The highest BCUT2D eigenvalue weighted by Crippen LogP contribution is 2.18. The Morgan fingerprint density at radius 1 is 1.33 bits per heavy atom. The summed E-state index contributed by atoms with van der Waals surface area (Å²) in [5.74, 6) is 1.57. The lowest BCUT2D eigenvalue weighted by Gasteiger charge is -2.39. The minimum Gasteiger partial charge on any atom is -0.354 e. The fraction of sp³-hybridized carbons (Fsp3) is 0.688. The first-order chi connectivity index (χ1) is 11.2. The number of nitrogens with one attached hydrogen (secondary N) is 1. The average molecular weight is 446 g/mol. The Morgan fingerprint density at radius 3 is 2.62 bits per heavy atom. The molecule has 1 saturated carbocycles. The van der Waals surface area contributed by atoms with Gasteiger partial charge < -0.3 is 19.7 Å². The molecule has 0 unspecified atom stereocenters. The minimum atomic E-state index is -0.0315. The Kier molecular flexibility index (Phi) is 6.88. The van der Waals surface area contributed by atoms with Gasteiger partial charge in [0.2, 0.25) is 0 Å². The van der Waals surface area contributed by atoms with Crippen molar-refractivity contribution in [2.75, 3.05) is 37.6 Å². The summed E-state index contributed by atoms with van der Waals surface area (Å²) in [6.45, 7) is 6.16. The molecule has 3 rings (SSSR count). The summed E-state index contributed by atoms with van der Waals surface area (Å²) in [6.07, 6.45) is 7.18. The van der Waals surface area contributed by atoms with Crippen molar-refractivity contribution in [2.45, 2.75) is 32.2 Å². The third-order valence-electron chi connectivity index (χ3n) is 4.62. The van der Waals surface area contributed by atoms with Crippen molar-refractivity contribution in [3.05, 3.63) is 22.7 Å². The maximum atomic E-state index is 12.2. The molecule has 2 fully saturated rings. The lowest BCUT2D eigenvalue weighted by Crippen LogP contribution is -2.56. The number of rotatable bonds is 3. The number of hydrogen-bond acceptors (Lipinski definition) is 4. The van der Waals surface area contributed by atoms with Crippen LogP contribution in [0.25, 0.3) is 0 Å². The van der Waals surface area contributed by atoms with Crippen molar-refractivity contribution in [2.24, 2.45) is 12.0 Å². The molecule has 8 heteroatoms. The first-order valence-electron chi connectivity index (χ1n) is 8.51. The number of nitrogens with zero attached hydrogens (tertiary/aromatic N) is 5. The second kappa shape index (κ2) is 8.68. The van der Waals surface area contributed by atoms with Gasteiger partial charge in [0.1, 0.15) is 0 Å². The van der Waals surface area contributed by atoms with E-state index < -0.39 is 0 Å². The molecule has 2 heterocycles. The summed E-state index contributed by atoms with van der Waals surface area (Å²) >= 11 is 0. The molecule has 1 saturated heterocycles. The van der Waals surface area contributed by atoms with E-state index in [9.17, 15) is 4.79 Å². The molecule has 1 aromatic heterocycles. The van der Waals surface area contributed by atoms with Gasteiger partial charge in [0.15, 0.2) is 11.8 Å². The molecule has 1 aromatic rings. The molecule has 0 atom stereocenters. The predicted molar refractivity (Wildman–Crippen MR) is 107 cm³/mol. The molecule has 0 radical (unpaired) electrons. The van der Waals surface area contributed by atoms with Gasteiger partial charge in [-0.2, -0.15) is 0 Å². The Balaban J connectivity index is 0.00000208. The third kappa shape index (κ3) is 4.20. The molecule has 24 heavy (non-hydrogen) atoms. The molecule has 1 aliphatic heterocycles. The van der Waals surface area contributed by atoms with Crippen LogP contribution in [-0.2, 0) is 7.05 Å². The van der Waals surface area contributed by atoms with E-state index >= 15 is 0 Å². The molecule has 0 amide bonds. The van der Waals surface area contributed by atoms with Crippen molar-refractivity contribution in [3.8, 4) is 0 Å². The smallest absolute Gasteiger partial charge is 0.293 e. The second-order valence-corrected chi connectivity index (χ2v) is 6.21.